The van der Waals surface area contributed by atoms with Gasteiger partial charge in [0.2, 0.25) is 5.56 Å². The molecule has 0 aliphatic heterocycles. The number of carbonyl (C=O) groups is 1. The van der Waals surface area contributed by atoms with Crippen LogP contribution in [0.5, 0.6) is 0 Å². The van der Waals surface area contributed by atoms with E-state index in [2.05, 4.69) is 10.3 Å². The van der Waals surface area contributed by atoms with E-state index in [1.807, 2.05) is 0 Å². The molecule has 2 rings (SSSR count). The molecule has 1 aromatic rings. The van der Waals surface area contributed by atoms with E-state index >= 15 is 0 Å². The van der Waals surface area contributed by atoms with Crippen molar-refractivity contribution in [2.45, 2.75) is 37.6 Å². The summed E-state index contributed by atoms with van der Waals surface area (Å²) in [5.74, 6) is -0.239. The Morgan fingerprint density at radius 3 is 2.68 bits per heavy atom. The van der Waals surface area contributed by atoms with E-state index in [0.717, 1.165) is 25.7 Å². The molecular weight excluding hydrogens is 266 g/mol. The standard InChI is InChI=1S/C13H19N3O2.ClH/c14-13(5-2-1-3-6-13)9-16-12(18)10-4-7-15-11(17)8-10;/h4,7-8H,1-3,5-6,9,14H2,(H,15,17)(H,16,18);1H. The van der Waals surface area contributed by atoms with Gasteiger partial charge in [0.1, 0.15) is 0 Å². The lowest BCUT2D eigenvalue weighted by Gasteiger charge is -2.33. The van der Waals surface area contributed by atoms with Gasteiger partial charge in [-0.15, -0.1) is 12.4 Å². The average molecular weight is 286 g/mol. The number of nitrogens with two attached hydrogens (primary N) is 1. The Balaban J connectivity index is 0.00000180. The highest BCUT2D eigenvalue weighted by atomic mass is 35.5. The van der Waals surface area contributed by atoms with E-state index in [1.165, 1.54) is 18.7 Å². The van der Waals surface area contributed by atoms with Crippen LogP contribution in [0.4, 0.5) is 0 Å². The first-order valence-electron chi connectivity index (χ1n) is 6.35. The summed E-state index contributed by atoms with van der Waals surface area (Å²) in [5.41, 5.74) is 6.05. The summed E-state index contributed by atoms with van der Waals surface area (Å²) in [4.78, 5) is 25.4. The summed E-state index contributed by atoms with van der Waals surface area (Å²) in [5, 5.41) is 2.82. The summed E-state index contributed by atoms with van der Waals surface area (Å²) in [6.45, 7) is 0.471. The van der Waals surface area contributed by atoms with Gasteiger partial charge in [-0.2, -0.15) is 0 Å². The van der Waals surface area contributed by atoms with Gasteiger partial charge in [0, 0.05) is 29.9 Å². The summed E-state index contributed by atoms with van der Waals surface area (Å²) in [6.07, 6.45) is 6.83. The molecule has 0 saturated heterocycles. The second-order valence-electron chi connectivity index (χ2n) is 5.05. The van der Waals surface area contributed by atoms with E-state index in [0.29, 0.717) is 12.1 Å². The molecule has 1 heterocycles. The first-order valence-corrected chi connectivity index (χ1v) is 6.35. The molecule has 19 heavy (non-hydrogen) atoms. The molecular formula is C13H20ClN3O2. The van der Waals surface area contributed by atoms with Crippen LogP contribution in [0.15, 0.2) is 23.1 Å². The Hall–Kier alpha value is -1.33. The minimum atomic E-state index is -0.283. The molecule has 4 N–H and O–H groups in total. The smallest absolute Gasteiger partial charge is 0.251 e. The van der Waals surface area contributed by atoms with E-state index in [-0.39, 0.29) is 29.4 Å². The third-order valence-corrected chi connectivity index (χ3v) is 3.49. The molecule has 0 bridgehead atoms. The van der Waals surface area contributed by atoms with Gasteiger partial charge < -0.3 is 16.0 Å². The first kappa shape index (κ1) is 15.7. The molecule has 6 heteroatoms. The van der Waals surface area contributed by atoms with E-state index in [1.54, 1.807) is 6.07 Å². The van der Waals surface area contributed by atoms with E-state index in [4.69, 9.17) is 5.73 Å². The topological polar surface area (TPSA) is 88.0 Å². The van der Waals surface area contributed by atoms with Crippen LogP contribution in [-0.2, 0) is 0 Å². The number of aromatic amines is 1. The zero-order valence-corrected chi connectivity index (χ0v) is 11.6. The lowest BCUT2D eigenvalue weighted by molar-refractivity contribution is 0.0937. The quantitative estimate of drug-likeness (QED) is 0.779. The van der Waals surface area contributed by atoms with Crippen LogP contribution in [0.3, 0.4) is 0 Å². The molecule has 1 fully saturated rings. The maximum absolute atomic E-state index is 11.9. The van der Waals surface area contributed by atoms with Crippen molar-refractivity contribution in [2.75, 3.05) is 6.54 Å². The van der Waals surface area contributed by atoms with Gasteiger partial charge in [-0.25, -0.2) is 0 Å². The lowest BCUT2D eigenvalue weighted by atomic mass is 9.82. The highest BCUT2D eigenvalue weighted by Crippen LogP contribution is 2.25. The van der Waals surface area contributed by atoms with Crippen molar-refractivity contribution >= 4 is 18.3 Å². The third kappa shape index (κ3) is 4.36. The average Bonchev–Trinajstić information content (AvgIpc) is 2.37. The third-order valence-electron chi connectivity index (χ3n) is 3.49. The normalized spacial score (nSPS) is 17.3. The van der Waals surface area contributed by atoms with Crippen LogP contribution in [0.1, 0.15) is 42.5 Å². The zero-order valence-electron chi connectivity index (χ0n) is 10.8. The minimum Gasteiger partial charge on any atom is -0.350 e. The van der Waals surface area contributed by atoms with Crippen molar-refractivity contribution < 1.29 is 4.79 Å². The molecule has 1 aliphatic rings. The number of carbonyl (C=O) groups excluding carboxylic acids is 1. The number of hydrogen-bond donors (Lipinski definition) is 3. The first-order chi connectivity index (χ1) is 8.59. The highest BCUT2D eigenvalue weighted by Gasteiger charge is 2.27. The number of aromatic nitrogens is 1. The number of nitrogens with one attached hydrogen (secondary N) is 2. The summed E-state index contributed by atoms with van der Waals surface area (Å²) < 4.78 is 0. The number of pyridine rings is 1. The van der Waals surface area contributed by atoms with Crippen LogP contribution in [-0.4, -0.2) is 23.0 Å². The Kier molecular flexibility index (Phi) is 5.57. The van der Waals surface area contributed by atoms with Crippen molar-refractivity contribution in [1.82, 2.24) is 10.3 Å². The van der Waals surface area contributed by atoms with Crippen LogP contribution in [0.25, 0.3) is 0 Å². The fourth-order valence-corrected chi connectivity index (χ4v) is 2.38. The fraction of sp³-hybridized carbons (Fsp3) is 0.538. The van der Waals surface area contributed by atoms with Gasteiger partial charge >= 0.3 is 0 Å². The molecule has 0 aromatic carbocycles. The number of halogens is 1. The zero-order chi connectivity index (χ0) is 13.0. The monoisotopic (exact) mass is 285 g/mol. The number of hydrogen-bond acceptors (Lipinski definition) is 3. The SMILES string of the molecule is Cl.NC1(CNC(=O)c2cc[nH]c(=O)c2)CCCCC1. The number of rotatable bonds is 3. The van der Waals surface area contributed by atoms with Gasteiger partial charge in [0.25, 0.3) is 5.91 Å². The van der Waals surface area contributed by atoms with Gasteiger partial charge in [-0.3, -0.25) is 9.59 Å². The minimum absolute atomic E-state index is 0. The highest BCUT2D eigenvalue weighted by molar-refractivity contribution is 5.94. The summed E-state index contributed by atoms with van der Waals surface area (Å²) >= 11 is 0. The maximum atomic E-state index is 11.9. The summed E-state index contributed by atoms with van der Waals surface area (Å²) in [6, 6.07) is 2.88. The fourth-order valence-electron chi connectivity index (χ4n) is 2.38. The van der Waals surface area contributed by atoms with Gasteiger partial charge in [-0.1, -0.05) is 19.3 Å². The van der Waals surface area contributed by atoms with Gasteiger partial charge in [0.05, 0.1) is 0 Å². The maximum Gasteiger partial charge on any atom is 0.251 e. The molecule has 106 valence electrons. The second kappa shape index (κ2) is 6.73. The molecule has 0 radical (unpaired) electrons. The largest absolute Gasteiger partial charge is 0.350 e. The summed E-state index contributed by atoms with van der Waals surface area (Å²) in [7, 11) is 0. The van der Waals surface area contributed by atoms with E-state index in [9.17, 15) is 9.59 Å². The second-order valence-corrected chi connectivity index (χ2v) is 5.05. The molecule has 1 aliphatic carbocycles. The Morgan fingerprint density at radius 2 is 2.05 bits per heavy atom. The van der Waals surface area contributed by atoms with Crippen molar-refractivity contribution in [2.24, 2.45) is 5.73 Å². The molecule has 1 saturated carbocycles. The molecule has 0 unspecified atom stereocenters. The molecule has 0 spiro atoms. The Bertz CT molecular complexity index is 481. The van der Waals surface area contributed by atoms with Crippen LogP contribution < -0.4 is 16.6 Å². The molecule has 0 atom stereocenters. The van der Waals surface area contributed by atoms with Crippen LogP contribution in [0, 0.1) is 0 Å². The lowest BCUT2D eigenvalue weighted by Crippen LogP contribution is -2.51. The predicted octanol–water partition coefficient (Wildman–Crippen LogP) is 1.19. The van der Waals surface area contributed by atoms with Crippen molar-refractivity contribution in [1.29, 1.82) is 0 Å². The Labute approximate surface area is 118 Å². The molecule has 1 aromatic heterocycles. The number of H-pyrrole nitrogens is 1. The predicted molar refractivity (Wildman–Crippen MR) is 76.6 cm³/mol. The van der Waals surface area contributed by atoms with Crippen molar-refractivity contribution in [3.63, 3.8) is 0 Å². The molecule has 5 nitrogen and oxygen atoms in total. The van der Waals surface area contributed by atoms with Gasteiger partial charge in [-0.05, 0) is 18.9 Å². The molecule has 1 amide bonds. The van der Waals surface area contributed by atoms with Crippen molar-refractivity contribution in [3.8, 4) is 0 Å². The number of amides is 1. The van der Waals surface area contributed by atoms with E-state index < -0.39 is 0 Å². The van der Waals surface area contributed by atoms with Gasteiger partial charge in [0.15, 0.2) is 0 Å². The van der Waals surface area contributed by atoms with Crippen molar-refractivity contribution in [3.05, 3.63) is 34.2 Å². The van der Waals surface area contributed by atoms with Crippen LogP contribution in [0.2, 0.25) is 0 Å². The van der Waals surface area contributed by atoms with Crippen LogP contribution >= 0.6 is 12.4 Å². The Morgan fingerprint density at radius 1 is 1.37 bits per heavy atom.